The number of carbonyl (C=O) groups is 1. The average molecular weight is 242 g/mol. The van der Waals surface area contributed by atoms with Gasteiger partial charge in [0.25, 0.3) is 0 Å². The number of esters is 1. The van der Waals surface area contributed by atoms with Crippen molar-refractivity contribution >= 4 is 5.97 Å². The quantitative estimate of drug-likeness (QED) is 0.715. The number of nitrogens with zero attached hydrogens (tertiary/aromatic N) is 1. The van der Waals surface area contributed by atoms with E-state index in [4.69, 9.17) is 4.74 Å². The predicted octanol–water partition coefficient (Wildman–Crippen LogP) is 1.40. The van der Waals surface area contributed by atoms with Crippen molar-refractivity contribution in [2.24, 2.45) is 0 Å². The number of piperidine rings is 1. The lowest BCUT2D eigenvalue weighted by Crippen LogP contribution is -2.47. The van der Waals surface area contributed by atoms with E-state index in [9.17, 15) is 4.79 Å². The summed E-state index contributed by atoms with van der Waals surface area (Å²) in [5.41, 5.74) is 0. The monoisotopic (exact) mass is 242 g/mol. The van der Waals surface area contributed by atoms with Crippen molar-refractivity contribution in [3.63, 3.8) is 0 Å². The summed E-state index contributed by atoms with van der Waals surface area (Å²) >= 11 is 0. The lowest BCUT2D eigenvalue weighted by Gasteiger charge is -2.33. The Balaban J connectivity index is 2.29. The maximum atomic E-state index is 11.4. The molecular weight excluding hydrogens is 216 g/mol. The molecule has 17 heavy (non-hydrogen) atoms. The van der Waals surface area contributed by atoms with Crippen LogP contribution in [0.25, 0.3) is 0 Å². The topological polar surface area (TPSA) is 41.6 Å². The van der Waals surface area contributed by atoms with Gasteiger partial charge in [-0.15, -0.1) is 0 Å². The summed E-state index contributed by atoms with van der Waals surface area (Å²) in [6, 6.07) is 0.334. The summed E-state index contributed by atoms with van der Waals surface area (Å²) < 4.78 is 4.77. The van der Waals surface area contributed by atoms with Gasteiger partial charge in [0.2, 0.25) is 0 Å². The molecule has 2 unspecified atom stereocenters. The normalized spacial score (nSPS) is 20.9. The van der Waals surface area contributed by atoms with Crippen molar-refractivity contribution in [2.75, 3.05) is 26.7 Å². The van der Waals surface area contributed by atoms with Crippen molar-refractivity contribution in [3.8, 4) is 0 Å². The zero-order valence-corrected chi connectivity index (χ0v) is 11.4. The molecule has 1 N–H and O–H groups in total. The van der Waals surface area contributed by atoms with Crippen LogP contribution in [-0.4, -0.2) is 49.7 Å². The summed E-state index contributed by atoms with van der Waals surface area (Å²) in [6.07, 6.45) is 4.74. The molecule has 0 aromatic rings. The number of hydrogen-bond acceptors (Lipinski definition) is 4. The Hall–Kier alpha value is -0.610. The average Bonchev–Trinajstić information content (AvgIpc) is 2.39. The molecule has 0 aromatic heterocycles. The highest BCUT2D eigenvalue weighted by Gasteiger charge is 2.20. The van der Waals surface area contributed by atoms with Gasteiger partial charge in [0, 0.05) is 12.6 Å². The zero-order chi connectivity index (χ0) is 12.7. The van der Waals surface area contributed by atoms with Crippen molar-refractivity contribution in [1.29, 1.82) is 0 Å². The SMILES string of the molecule is CCC(NCC(C)N1CCCCC1)C(=O)OC. The van der Waals surface area contributed by atoms with Gasteiger partial charge in [0.05, 0.1) is 7.11 Å². The maximum Gasteiger partial charge on any atom is 0.322 e. The Morgan fingerprint density at radius 3 is 2.53 bits per heavy atom. The van der Waals surface area contributed by atoms with E-state index in [2.05, 4.69) is 17.1 Å². The first kappa shape index (κ1) is 14.5. The van der Waals surface area contributed by atoms with Crippen LogP contribution < -0.4 is 5.32 Å². The minimum atomic E-state index is -0.160. The van der Waals surface area contributed by atoms with Crippen LogP contribution in [0.4, 0.5) is 0 Å². The van der Waals surface area contributed by atoms with Crippen LogP contribution in [0.1, 0.15) is 39.5 Å². The van der Waals surface area contributed by atoms with Crippen LogP contribution in [0.3, 0.4) is 0 Å². The molecule has 1 fully saturated rings. The predicted molar refractivity (Wildman–Crippen MR) is 69.0 cm³/mol. The highest BCUT2D eigenvalue weighted by atomic mass is 16.5. The minimum absolute atomic E-state index is 0.154. The van der Waals surface area contributed by atoms with Crippen LogP contribution in [0, 0.1) is 0 Å². The Labute approximate surface area is 105 Å². The first-order chi connectivity index (χ1) is 8.19. The summed E-state index contributed by atoms with van der Waals surface area (Å²) in [6.45, 7) is 7.46. The van der Waals surface area contributed by atoms with E-state index in [1.165, 1.54) is 39.5 Å². The molecule has 1 heterocycles. The standard InChI is InChI=1S/C13H26N2O2/c1-4-12(13(16)17-3)14-10-11(2)15-8-6-5-7-9-15/h11-12,14H,4-10H2,1-3H3. The van der Waals surface area contributed by atoms with Gasteiger partial charge in [-0.1, -0.05) is 13.3 Å². The summed E-state index contributed by atoms with van der Waals surface area (Å²) in [5, 5.41) is 3.30. The number of carbonyl (C=O) groups excluding carboxylic acids is 1. The second kappa shape index (κ2) is 7.67. The molecule has 1 aliphatic heterocycles. The van der Waals surface area contributed by atoms with Gasteiger partial charge in [-0.2, -0.15) is 0 Å². The number of methoxy groups -OCH3 is 1. The molecule has 1 saturated heterocycles. The third-order valence-electron chi connectivity index (χ3n) is 3.57. The molecule has 1 rings (SSSR count). The molecule has 0 aromatic carbocycles. The van der Waals surface area contributed by atoms with E-state index >= 15 is 0 Å². The molecule has 1 aliphatic rings. The molecule has 0 radical (unpaired) electrons. The van der Waals surface area contributed by atoms with Gasteiger partial charge >= 0.3 is 5.97 Å². The number of nitrogens with one attached hydrogen (secondary N) is 1. The first-order valence-electron chi connectivity index (χ1n) is 6.74. The minimum Gasteiger partial charge on any atom is -0.468 e. The van der Waals surface area contributed by atoms with Gasteiger partial charge in [0.1, 0.15) is 6.04 Å². The van der Waals surface area contributed by atoms with Gasteiger partial charge in [-0.25, -0.2) is 0 Å². The third-order valence-corrected chi connectivity index (χ3v) is 3.57. The number of ether oxygens (including phenoxy) is 1. The van der Waals surface area contributed by atoms with Crippen molar-refractivity contribution in [3.05, 3.63) is 0 Å². The van der Waals surface area contributed by atoms with Crippen LogP contribution in [0.2, 0.25) is 0 Å². The van der Waals surface area contributed by atoms with E-state index in [-0.39, 0.29) is 12.0 Å². The van der Waals surface area contributed by atoms with Crippen LogP contribution >= 0.6 is 0 Å². The van der Waals surface area contributed by atoms with E-state index in [0.29, 0.717) is 6.04 Å². The van der Waals surface area contributed by atoms with Gasteiger partial charge in [0.15, 0.2) is 0 Å². The van der Waals surface area contributed by atoms with E-state index in [1.807, 2.05) is 6.92 Å². The molecule has 0 amide bonds. The van der Waals surface area contributed by atoms with Gasteiger partial charge < -0.3 is 10.1 Å². The molecule has 100 valence electrons. The fourth-order valence-electron chi connectivity index (χ4n) is 2.34. The number of rotatable bonds is 6. The summed E-state index contributed by atoms with van der Waals surface area (Å²) in [4.78, 5) is 13.9. The van der Waals surface area contributed by atoms with Crippen LogP contribution in [-0.2, 0) is 9.53 Å². The Bertz CT molecular complexity index is 227. The number of hydrogen-bond donors (Lipinski definition) is 1. The Morgan fingerprint density at radius 2 is 2.00 bits per heavy atom. The molecule has 2 atom stereocenters. The Kier molecular flexibility index (Phi) is 6.52. The second-order valence-electron chi connectivity index (χ2n) is 4.84. The van der Waals surface area contributed by atoms with Crippen molar-refractivity contribution in [2.45, 2.75) is 51.6 Å². The van der Waals surface area contributed by atoms with Crippen molar-refractivity contribution < 1.29 is 9.53 Å². The lowest BCUT2D eigenvalue weighted by atomic mass is 10.1. The molecule has 0 saturated carbocycles. The molecule has 4 nitrogen and oxygen atoms in total. The first-order valence-corrected chi connectivity index (χ1v) is 6.74. The molecule has 0 aliphatic carbocycles. The van der Waals surface area contributed by atoms with Gasteiger partial charge in [-0.05, 0) is 39.3 Å². The zero-order valence-electron chi connectivity index (χ0n) is 11.4. The molecule has 0 spiro atoms. The Morgan fingerprint density at radius 1 is 1.35 bits per heavy atom. The lowest BCUT2D eigenvalue weighted by molar-refractivity contribution is -0.143. The van der Waals surface area contributed by atoms with Crippen LogP contribution in [0.5, 0.6) is 0 Å². The molecule has 0 bridgehead atoms. The summed E-state index contributed by atoms with van der Waals surface area (Å²) in [7, 11) is 1.45. The largest absolute Gasteiger partial charge is 0.468 e. The fraction of sp³-hybridized carbons (Fsp3) is 0.923. The third kappa shape index (κ3) is 4.64. The summed E-state index contributed by atoms with van der Waals surface area (Å²) in [5.74, 6) is -0.154. The van der Waals surface area contributed by atoms with E-state index in [1.54, 1.807) is 0 Å². The highest BCUT2D eigenvalue weighted by molar-refractivity contribution is 5.75. The number of likely N-dealkylation sites (tertiary alicyclic amines) is 1. The maximum absolute atomic E-state index is 11.4. The smallest absolute Gasteiger partial charge is 0.322 e. The fourth-order valence-corrected chi connectivity index (χ4v) is 2.34. The highest BCUT2D eigenvalue weighted by Crippen LogP contribution is 2.11. The molecular formula is C13H26N2O2. The van der Waals surface area contributed by atoms with Gasteiger partial charge in [-0.3, -0.25) is 9.69 Å². The molecule has 4 heteroatoms. The second-order valence-corrected chi connectivity index (χ2v) is 4.84. The van der Waals surface area contributed by atoms with Crippen LogP contribution in [0.15, 0.2) is 0 Å². The van der Waals surface area contributed by atoms with Crippen molar-refractivity contribution in [1.82, 2.24) is 10.2 Å². The van der Waals surface area contributed by atoms with E-state index in [0.717, 1.165) is 13.0 Å². The van der Waals surface area contributed by atoms with E-state index < -0.39 is 0 Å².